The molecule has 0 aliphatic heterocycles. The predicted octanol–water partition coefficient (Wildman–Crippen LogP) is 2.83. The van der Waals surface area contributed by atoms with Crippen LogP contribution in [0.4, 0.5) is 5.69 Å². The average Bonchev–Trinajstić information content (AvgIpc) is 3.26. The van der Waals surface area contributed by atoms with Crippen molar-refractivity contribution in [3.63, 3.8) is 0 Å². The lowest BCUT2D eigenvalue weighted by Gasteiger charge is -2.21. The van der Waals surface area contributed by atoms with E-state index in [0.29, 0.717) is 0 Å². The number of hydrogen-bond donors (Lipinski definition) is 1. The van der Waals surface area contributed by atoms with Crippen LogP contribution in [0.25, 0.3) is 0 Å². The molecule has 3 heteroatoms. The highest BCUT2D eigenvalue weighted by Crippen LogP contribution is 2.29. The lowest BCUT2D eigenvalue weighted by Crippen LogP contribution is -2.25. The Morgan fingerprint density at radius 1 is 1.05 bits per heavy atom. The summed E-state index contributed by atoms with van der Waals surface area (Å²) in [7, 11) is 0. The topological polar surface area (TPSA) is 42.1 Å². The van der Waals surface area contributed by atoms with E-state index < -0.39 is 0 Å². The van der Waals surface area contributed by atoms with Crippen LogP contribution in [0.1, 0.15) is 24.1 Å². The number of pyridine rings is 1. The first-order chi connectivity index (χ1) is 9.31. The molecule has 0 unspecified atom stereocenters. The second kappa shape index (κ2) is 5.41. The molecule has 0 radical (unpaired) electrons. The summed E-state index contributed by atoms with van der Waals surface area (Å²) >= 11 is 0. The summed E-state index contributed by atoms with van der Waals surface area (Å²) in [5, 5.41) is 0. The summed E-state index contributed by atoms with van der Waals surface area (Å²) in [6, 6.07) is 15.0. The van der Waals surface area contributed by atoms with Gasteiger partial charge in [-0.1, -0.05) is 18.2 Å². The van der Waals surface area contributed by atoms with Crippen LogP contribution in [0.3, 0.4) is 0 Å². The Morgan fingerprint density at radius 2 is 1.84 bits per heavy atom. The van der Waals surface area contributed by atoms with Gasteiger partial charge < -0.3 is 5.73 Å². The number of aromatic nitrogens is 1. The Labute approximate surface area is 114 Å². The van der Waals surface area contributed by atoms with E-state index in [1.54, 1.807) is 0 Å². The van der Waals surface area contributed by atoms with E-state index in [2.05, 4.69) is 34.1 Å². The van der Waals surface area contributed by atoms with Crippen LogP contribution in [0, 0.1) is 0 Å². The average molecular weight is 253 g/mol. The third-order valence-electron chi connectivity index (χ3n) is 3.52. The van der Waals surface area contributed by atoms with Gasteiger partial charge >= 0.3 is 0 Å². The van der Waals surface area contributed by atoms with Crippen molar-refractivity contribution in [3.05, 3.63) is 59.9 Å². The van der Waals surface area contributed by atoms with Gasteiger partial charge in [0.1, 0.15) is 0 Å². The van der Waals surface area contributed by atoms with Crippen molar-refractivity contribution in [2.75, 3.05) is 5.73 Å². The maximum Gasteiger partial charge on any atom is 0.0544 e. The van der Waals surface area contributed by atoms with E-state index in [9.17, 15) is 0 Å². The molecule has 1 heterocycles. The maximum absolute atomic E-state index is 5.73. The standard InChI is InChI=1S/C16H19N3/c17-14-6-4-13(5-7-14)11-19(16-8-9-16)12-15-3-1-2-10-18-15/h1-7,10,16H,8-9,11-12,17H2. The number of benzene rings is 1. The highest BCUT2D eigenvalue weighted by molar-refractivity contribution is 5.39. The third-order valence-corrected chi connectivity index (χ3v) is 3.52. The molecule has 0 bridgehead atoms. The van der Waals surface area contributed by atoms with Gasteiger partial charge in [-0.05, 0) is 42.7 Å². The lowest BCUT2D eigenvalue weighted by molar-refractivity contribution is 0.243. The van der Waals surface area contributed by atoms with Gasteiger partial charge in [-0.25, -0.2) is 0 Å². The van der Waals surface area contributed by atoms with Crippen LogP contribution in [-0.2, 0) is 13.1 Å². The highest BCUT2D eigenvalue weighted by Gasteiger charge is 2.29. The molecule has 98 valence electrons. The van der Waals surface area contributed by atoms with Crippen LogP contribution in [-0.4, -0.2) is 15.9 Å². The first-order valence-electron chi connectivity index (χ1n) is 6.79. The molecule has 1 fully saturated rings. The first-order valence-corrected chi connectivity index (χ1v) is 6.79. The molecular weight excluding hydrogens is 234 g/mol. The van der Waals surface area contributed by atoms with Gasteiger partial charge in [-0.2, -0.15) is 0 Å². The van der Waals surface area contributed by atoms with Crippen LogP contribution in [0.2, 0.25) is 0 Å². The zero-order valence-corrected chi connectivity index (χ0v) is 11.0. The summed E-state index contributed by atoms with van der Waals surface area (Å²) < 4.78 is 0. The molecule has 1 aliphatic carbocycles. The third kappa shape index (κ3) is 3.32. The number of anilines is 1. The fraction of sp³-hybridized carbons (Fsp3) is 0.312. The molecule has 2 aromatic rings. The monoisotopic (exact) mass is 253 g/mol. The molecule has 0 amide bonds. The summed E-state index contributed by atoms with van der Waals surface area (Å²) in [5.41, 5.74) is 9.02. The Hall–Kier alpha value is -1.87. The van der Waals surface area contributed by atoms with Crippen molar-refractivity contribution in [2.24, 2.45) is 0 Å². The lowest BCUT2D eigenvalue weighted by atomic mass is 10.2. The van der Waals surface area contributed by atoms with Gasteiger partial charge in [0.25, 0.3) is 0 Å². The van der Waals surface area contributed by atoms with E-state index in [4.69, 9.17) is 5.73 Å². The molecule has 3 rings (SSSR count). The SMILES string of the molecule is Nc1ccc(CN(Cc2ccccn2)C2CC2)cc1. The normalized spacial score (nSPS) is 14.8. The van der Waals surface area contributed by atoms with Crippen molar-refractivity contribution in [2.45, 2.75) is 32.0 Å². The van der Waals surface area contributed by atoms with Crippen molar-refractivity contribution in [3.8, 4) is 0 Å². The summed E-state index contributed by atoms with van der Waals surface area (Å²) in [5.74, 6) is 0. The molecule has 3 nitrogen and oxygen atoms in total. The molecule has 1 aromatic carbocycles. The quantitative estimate of drug-likeness (QED) is 0.833. The Kier molecular flexibility index (Phi) is 3.47. The number of nitrogen functional groups attached to an aromatic ring is 1. The van der Waals surface area contributed by atoms with E-state index in [-0.39, 0.29) is 0 Å². The maximum atomic E-state index is 5.73. The molecule has 0 atom stereocenters. The second-order valence-electron chi connectivity index (χ2n) is 5.20. The fourth-order valence-electron chi connectivity index (χ4n) is 2.31. The largest absolute Gasteiger partial charge is 0.399 e. The molecule has 0 saturated heterocycles. The van der Waals surface area contributed by atoms with E-state index in [0.717, 1.165) is 30.5 Å². The number of rotatable bonds is 5. The van der Waals surface area contributed by atoms with Gasteiger partial charge in [-0.15, -0.1) is 0 Å². The Balaban J connectivity index is 1.69. The number of nitrogens with two attached hydrogens (primary N) is 1. The number of nitrogens with zero attached hydrogens (tertiary/aromatic N) is 2. The molecule has 0 spiro atoms. The van der Waals surface area contributed by atoms with Gasteiger partial charge in [0, 0.05) is 31.0 Å². The molecule has 19 heavy (non-hydrogen) atoms. The summed E-state index contributed by atoms with van der Waals surface area (Å²) in [6.07, 6.45) is 4.48. The molecular formula is C16H19N3. The fourth-order valence-corrected chi connectivity index (χ4v) is 2.31. The van der Waals surface area contributed by atoms with Crippen LogP contribution in [0.5, 0.6) is 0 Å². The Bertz CT molecular complexity index is 517. The van der Waals surface area contributed by atoms with Crippen LogP contribution >= 0.6 is 0 Å². The zero-order chi connectivity index (χ0) is 13.1. The van der Waals surface area contributed by atoms with Crippen LogP contribution in [0.15, 0.2) is 48.7 Å². The minimum Gasteiger partial charge on any atom is -0.399 e. The smallest absolute Gasteiger partial charge is 0.0544 e. The van der Waals surface area contributed by atoms with Gasteiger partial charge in [-0.3, -0.25) is 9.88 Å². The van der Waals surface area contributed by atoms with Gasteiger partial charge in [0.2, 0.25) is 0 Å². The van der Waals surface area contributed by atoms with Crippen molar-refractivity contribution in [1.29, 1.82) is 0 Å². The second-order valence-corrected chi connectivity index (χ2v) is 5.20. The van der Waals surface area contributed by atoms with Crippen molar-refractivity contribution >= 4 is 5.69 Å². The molecule has 1 aliphatic rings. The molecule has 1 saturated carbocycles. The van der Waals surface area contributed by atoms with Gasteiger partial charge in [0.15, 0.2) is 0 Å². The predicted molar refractivity (Wildman–Crippen MR) is 77.4 cm³/mol. The summed E-state index contributed by atoms with van der Waals surface area (Å²) in [4.78, 5) is 6.93. The van der Waals surface area contributed by atoms with Crippen molar-refractivity contribution in [1.82, 2.24) is 9.88 Å². The Morgan fingerprint density at radius 3 is 2.47 bits per heavy atom. The zero-order valence-electron chi connectivity index (χ0n) is 11.0. The molecule has 2 N–H and O–H groups in total. The summed E-state index contributed by atoms with van der Waals surface area (Å²) in [6.45, 7) is 1.90. The number of hydrogen-bond acceptors (Lipinski definition) is 3. The van der Waals surface area contributed by atoms with E-state index in [1.165, 1.54) is 18.4 Å². The van der Waals surface area contributed by atoms with E-state index >= 15 is 0 Å². The minimum absolute atomic E-state index is 0.722. The van der Waals surface area contributed by atoms with Crippen LogP contribution < -0.4 is 5.73 Å². The first kappa shape index (κ1) is 12.2. The van der Waals surface area contributed by atoms with E-state index in [1.807, 2.05) is 24.4 Å². The van der Waals surface area contributed by atoms with Gasteiger partial charge in [0.05, 0.1) is 5.69 Å². The minimum atomic E-state index is 0.722. The molecule has 1 aromatic heterocycles. The van der Waals surface area contributed by atoms with Crippen molar-refractivity contribution < 1.29 is 0 Å². The highest BCUT2D eigenvalue weighted by atomic mass is 15.2.